The minimum atomic E-state index is 0.177. The number of nitrogens with zero attached hydrogens (tertiary/aromatic N) is 3. The van der Waals surface area contributed by atoms with E-state index in [0.717, 1.165) is 50.9 Å². The first-order valence-corrected chi connectivity index (χ1v) is 9.17. The summed E-state index contributed by atoms with van der Waals surface area (Å²) in [7, 11) is 0. The zero-order chi connectivity index (χ0) is 17.7. The van der Waals surface area contributed by atoms with Crippen molar-refractivity contribution in [2.75, 3.05) is 19.6 Å². The highest BCUT2D eigenvalue weighted by atomic mass is 16.2. The molecule has 2 amide bonds. The first kappa shape index (κ1) is 17.6. The molecule has 2 aliphatic heterocycles. The van der Waals surface area contributed by atoms with E-state index < -0.39 is 0 Å². The molecule has 3 rings (SSSR count). The highest BCUT2D eigenvalue weighted by Crippen LogP contribution is 2.40. The van der Waals surface area contributed by atoms with Gasteiger partial charge in [0, 0.05) is 51.4 Å². The minimum Gasteiger partial charge on any atom is -0.343 e. The maximum absolute atomic E-state index is 12.4. The topological polar surface area (TPSA) is 53.5 Å². The molecule has 5 heteroatoms. The van der Waals surface area contributed by atoms with Crippen LogP contribution in [-0.2, 0) is 16.1 Å². The quantitative estimate of drug-likeness (QED) is 0.774. The molecule has 0 radical (unpaired) electrons. The minimum absolute atomic E-state index is 0.177. The van der Waals surface area contributed by atoms with Crippen LogP contribution in [0.5, 0.6) is 0 Å². The molecule has 0 N–H and O–H groups in total. The van der Waals surface area contributed by atoms with E-state index in [-0.39, 0.29) is 17.2 Å². The lowest BCUT2D eigenvalue weighted by molar-refractivity contribution is -0.143. The van der Waals surface area contributed by atoms with E-state index in [4.69, 9.17) is 0 Å². The van der Waals surface area contributed by atoms with Crippen molar-refractivity contribution in [2.24, 2.45) is 5.41 Å². The van der Waals surface area contributed by atoms with Crippen molar-refractivity contribution in [1.82, 2.24) is 14.8 Å². The zero-order valence-corrected chi connectivity index (χ0v) is 14.8. The van der Waals surface area contributed by atoms with E-state index in [2.05, 4.69) is 11.6 Å². The molecule has 0 saturated carbocycles. The molecule has 25 heavy (non-hydrogen) atoms. The van der Waals surface area contributed by atoms with E-state index in [1.807, 2.05) is 21.9 Å². The van der Waals surface area contributed by atoms with Gasteiger partial charge in [-0.25, -0.2) is 0 Å². The highest BCUT2D eigenvalue weighted by molar-refractivity contribution is 5.77. The number of carbonyl (C=O) groups is 2. The van der Waals surface area contributed by atoms with Crippen LogP contribution in [0.15, 0.2) is 37.2 Å². The third-order valence-electron chi connectivity index (χ3n) is 5.61. The second kappa shape index (κ2) is 7.81. The van der Waals surface area contributed by atoms with E-state index >= 15 is 0 Å². The molecule has 0 aliphatic carbocycles. The van der Waals surface area contributed by atoms with E-state index in [0.29, 0.717) is 19.4 Å². The third-order valence-corrected chi connectivity index (χ3v) is 5.61. The summed E-state index contributed by atoms with van der Waals surface area (Å²) in [4.78, 5) is 32.6. The molecular formula is C20H27N3O2. The average Bonchev–Trinajstić information content (AvgIpc) is 2.64. The van der Waals surface area contributed by atoms with Gasteiger partial charge in [0.2, 0.25) is 11.8 Å². The summed E-state index contributed by atoms with van der Waals surface area (Å²) in [6.45, 7) is 6.78. The van der Waals surface area contributed by atoms with Gasteiger partial charge in [-0.05, 0) is 48.8 Å². The number of pyridine rings is 1. The number of piperidine rings is 2. The Hall–Kier alpha value is -2.17. The van der Waals surface area contributed by atoms with Gasteiger partial charge in [0.1, 0.15) is 0 Å². The molecule has 1 aromatic heterocycles. The normalized spacial score (nSPS) is 19.9. The lowest BCUT2D eigenvalue weighted by Gasteiger charge is -2.47. The number of carbonyl (C=O) groups excluding carboxylic acids is 2. The van der Waals surface area contributed by atoms with E-state index in [1.165, 1.54) is 0 Å². The molecule has 1 spiro atoms. The first-order chi connectivity index (χ1) is 12.1. The van der Waals surface area contributed by atoms with Crippen LogP contribution in [0.25, 0.3) is 0 Å². The number of amides is 2. The van der Waals surface area contributed by atoms with Gasteiger partial charge in [-0.2, -0.15) is 0 Å². The Bertz CT molecular complexity index is 621. The Kier molecular flexibility index (Phi) is 5.51. The highest BCUT2D eigenvalue weighted by Gasteiger charge is 2.41. The van der Waals surface area contributed by atoms with Crippen LogP contribution in [-0.4, -0.2) is 46.2 Å². The lowest BCUT2D eigenvalue weighted by Crippen LogP contribution is -2.52. The van der Waals surface area contributed by atoms with Crippen molar-refractivity contribution in [3.63, 3.8) is 0 Å². The standard InChI is InChI=1S/C20H27N3O2/c1-2-3-4-18(24)22-13-9-20(10-14-22)8-5-19(25)23(16-20)15-17-6-11-21-12-7-17/h2,6-7,11-12H,1,3-5,8-10,13-16H2. The monoisotopic (exact) mass is 341 g/mol. The third kappa shape index (κ3) is 4.27. The number of likely N-dealkylation sites (tertiary alicyclic amines) is 2. The molecule has 0 atom stereocenters. The Morgan fingerprint density at radius 1 is 1.24 bits per heavy atom. The summed E-state index contributed by atoms with van der Waals surface area (Å²) in [5.74, 6) is 0.474. The maximum atomic E-state index is 12.4. The second-order valence-corrected chi connectivity index (χ2v) is 7.31. The summed E-state index contributed by atoms with van der Waals surface area (Å²) < 4.78 is 0. The van der Waals surface area contributed by atoms with Gasteiger partial charge in [-0.1, -0.05) is 6.08 Å². The first-order valence-electron chi connectivity index (χ1n) is 9.17. The van der Waals surface area contributed by atoms with Crippen molar-refractivity contribution < 1.29 is 9.59 Å². The fourth-order valence-corrected chi connectivity index (χ4v) is 3.98. The Balaban J connectivity index is 1.59. The van der Waals surface area contributed by atoms with E-state index in [9.17, 15) is 9.59 Å². The average molecular weight is 341 g/mol. The summed E-state index contributed by atoms with van der Waals surface area (Å²) in [6.07, 6.45) is 10.2. The molecule has 2 aliphatic rings. The van der Waals surface area contributed by atoms with Gasteiger partial charge in [0.25, 0.3) is 0 Å². The van der Waals surface area contributed by atoms with Gasteiger partial charge in [-0.15, -0.1) is 6.58 Å². The van der Waals surface area contributed by atoms with Crippen LogP contribution in [0.3, 0.4) is 0 Å². The Morgan fingerprint density at radius 2 is 1.96 bits per heavy atom. The Labute approximate surface area is 149 Å². The molecule has 2 fully saturated rings. The molecule has 1 aromatic rings. The number of allylic oxidation sites excluding steroid dienone is 1. The Morgan fingerprint density at radius 3 is 2.64 bits per heavy atom. The fraction of sp³-hybridized carbons (Fsp3) is 0.550. The summed E-state index contributed by atoms with van der Waals surface area (Å²) in [5, 5.41) is 0. The maximum Gasteiger partial charge on any atom is 0.222 e. The molecule has 5 nitrogen and oxygen atoms in total. The van der Waals surface area contributed by atoms with Crippen LogP contribution in [0.2, 0.25) is 0 Å². The second-order valence-electron chi connectivity index (χ2n) is 7.31. The summed E-state index contributed by atoms with van der Waals surface area (Å²) in [5.41, 5.74) is 1.30. The van der Waals surface area contributed by atoms with Crippen molar-refractivity contribution in [3.05, 3.63) is 42.7 Å². The zero-order valence-electron chi connectivity index (χ0n) is 14.8. The number of aromatic nitrogens is 1. The van der Waals surface area contributed by atoms with Gasteiger partial charge < -0.3 is 9.80 Å². The van der Waals surface area contributed by atoms with Crippen molar-refractivity contribution in [1.29, 1.82) is 0 Å². The summed E-state index contributed by atoms with van der Waals surface area (Å²) >= 11 is 0. The summed E-state index contributed by atoms with van der Waals surface area (Å²) in [6, 6.07) is 3.94. The molecule has 134 valence electrons. The molecule has 3 heterocycles. The predicted octanol–water partition coefficient (Wildman–Crippen LogP) is 2.78. The van der Waals surface area contributed by atoms with Crippen LogP contribution in [0.1, 0.15) is 44.1 Å². The molecular weight excluding hydrogens is 314 g/mol. The smallest absolute Gasteiger partial charge is 0.222 e. The molecule has 0 bridgehead atoms. The van der Waals surface area contributed by atoms with Crippen LogP contribution in [0, 0.1) is 5.41 Å². The van der Waals surface area contributed by atoms with Gasteiger partial charge in [0.15, 0.2) is 0 Å². The molecule has 0 unspecified atom stereocenters. The van der Waals surface area contributed by atoms with Gasteiger partial charge >= 0.3 is 0 Å². The van der Waals surface area contributed by atoms with Crippen molar-refractivity contribution in [3.8, 4) is 0 Å². The van der Waals surface area contributed by atoms with Crippen molar-refractivity contribution in [2.45, 2.75) is 45.1 Å². The van der Waals surface area contributed by atoms with Gasteiger partial charge in [-0.3, -0.25) is 14.6 Å². The van der Waals surface area contributed by atoms with Crippen molar-refractivity contribution >= 4 is 11.8 Å². The molecule has 0 aromatic carbocycles. The fourth-order valence-electron chi connectivity index (χ4n) is 3.98. The number of rotatable bonds is 5. The van der Waals surface area contributed by atoms with Crippen LogP contribution < -0.4 is 0 Å². The lowest BCUT2D eigenvalue weighted by atomic mass is 9.72. The van der Waals surface area contributed by atoms with Gasteiger partial charge in [0.05, 0.1) is 0 Å². The largest absolute Gasteiger partial charge is 0.343 e. The van der Waals surface area contributed by atoms with E-state index in [1.54, 1.807) is 18.5 Å². The number of hydrogen-bond acceptors (Lipinski definition) is 3. The predicted molar refractivity (Wildman–Crippen MR) is 96.6 cm³/mol. The molecule has 2 saturated heterocycles. The van der Waals surface area contributed by atoms with Crippen LogP contribution in [0.4, 0.5) is 0 Å². The number of hydrogen-bond donors (Lipinski definition) is 0. The van der Waals surface area contributed by atoms with Crippen LogP contribution >= 0.6 is 0 Å². The SMILES string of the molecule is C=CCCC(=O)N1CCC2(CCC(=O)N(Cc3ccncc3)C2)CC1.